The summed E-state index contributed by atoms with van der Waals surface area (Å²) in [7, 11) is -1.47. The van der Waals surface area contributed by atoms with E-state index in [-0.39, 0.29) is 25.5 Å². The van der Waals surface area contributed by atoms with Crippen LogP contribution in [-0.2, 0) is 25.5 Å². The zero-order valence-electron chi connectivity index (χ0n) is 37.7. The van der Waals surface area contributed by atoms with Crippen LogP contribution < -0.4 is 5.19 Å². The molecule has 0 spiro atoms. The number of imidazole rings is 1. The van der Waals surface area contributed by atoms with E-state index in [1.54, 1.807) is 0 Å². The van der Waals surface area contributed by atoms with Crippen LogP contribution in [0.2, 0.25) is 19.6 Å². The van der Waals surface area contributed by atoms with Crippen molar-refractivity contribution in [3.05, 3.63) is 199 Å². The number of fused-ring (bicyclic) bond motifs is 4. The van der Waals surface area contributed by atoms with Gasteiger partial charge in [-0.05, 0) is 80.5 Å². The quantitative estimate of drug-likeness (QED) is 0.118. The standard InChI is InChI=1S/C35H28N3O.C22H24NSi.Ir/c1-22-18-29-30(21-36-22)38(26-16-14-25(15-17-26)35(2,3)4)34(37-29)24-19-28(23-10-6-5-7-11-23)33-27-12-8-9-13-31(27)39-32(33)20-24;1-17(18-11-7-5-8-12-18)20-15-21(19-13-9-6-10-14-19)23-16-22(20)24(2,3)4;/h5-19,21H,1-4H3;5-13,15-17H,1-4H3;/q2*-1;. The number of nitrogens with zero attached hydrogens (tertiary/aromatic N) is 4. The molecule has 10 aromatic rings. The molecule has 0 fully saturated rings. The number of para-hydroxylation sites is 1. The number of aryl methyl sites for hydroxylation is 1. The molecule has 0 bridgehead atoms. The van der Waals surface area contributed by atoms with Gasteiger partial charge in [0, 0.05) is 43.6 Å². The maximum atomic E-state index is 6.36. The van der Waals surface area contributed by atoms with Crippen molar-refractivity contribution in [2.45, 2.75) is 65.6 Å². The van der Waals surface area contributed by atoms with Gasteiger partial charge in [0.25, 0.3) is 0 Å². The van der Waals surface area contributed by atoms with Gasteiger partial charge in [-0.15, -0.1) is 47.5 Å². The fourth-order valence-electron chi connectivity index (χ4n) is 8.45. The first-order chi connectivity index (χ1) is 30.3. The molecule has 0 aliphatic carbocycles. The number of benzene rings is 6. The molecule has 64 heavy (non-hydrogen) atoms. The van der Waals surface area contributed by atoms with Crippen molar-refractivity contribution < 1.29 is 24.5 Å². The predicted molar refractivity (Wildman–Crippen MR) is 265 cm³/mol. The van der Waals surface area contributed by atoms with Crippen LogP contribution in [0.15, 0.2) is 168 Å². The average Bonchev–Trinajstić information content (AvgIpc) is 3.87. The van der Waals surface area contributed by atoms with Gasteiger partial charge in [0.05, 0.1) is 36.7 Å². The van der Waals surface area contributed by atoms with Gasteiger partial charge in [0.2, 0.25) is 0 Å². The fraction of sp³-hybridized carbons (Fsp3) is 0.175. The Morgan fingerprint density at radius 1 is 0.719 bits per heavy atom. The molecule has 0 saturated heterocycles. The van der Waals surface area contributed by atoms with Gasteiger partial charge in [0.1, 0.15) is 5.58 Å². The van der Waals surface area contributed by atoms with Gasteiger partial charge >= 0.3 is 0 Å². The molecule has 5 nitrogen and oxygen atoms in total. The summed E-state index contributed by atoms with van der Waals surface area (Å²) in [5.41, 5.74) is 14.7. The van der Waals surface area contributed by atoms with Crippen LogP contribution in [0.1, 0.15) is 56.0 Å². The minimum Gasteiger partial charge on any atom is -0.477 e. The number of rotatable bonds is 7. The third-order valence-corrected chi connectivity index (χ3v) is 13.9. The van der Waals surface area contributed by atoms with Crippen molar-refractivity contribution >= 4 is 46.2 Å². The summed E-state index contributed by atoms with van der Waals surface area (Å²) in [6.07, 6.45) is 4.02. The monoisotopic (exact) mass is 1030 g/mol. The number of aromatic nitrogens is 4. The van der Waals surface area contributed by atoms with E-state index in [0.29, 0.717) is 5.92 Å². The third kappa shape index (κ3) is 8.94. The van der Waals surface area contributed by atoms with Crippen LogP contribution in [0.3, 0.4) is 0 Å². The van der Waals surface area contributed by atoms with E-state index in [0.717, 1.165) is 78.1 Å². The molecule has 0 aliphatic heterocycles. The van der Waals surface area contributed by atoms with E-state index >= 15 is 0 Å². The molecule has 1 unspecified atom stereocenters. The van der Waals surface area contributed by atoms with Crippen LogP contribution in [0.5, 0.6) is 0 Å². The summed E-state index contributed by atoms with van der Waals surface area (Å²) in [6, 6.07) is 59.6. The Morgan fingerprint density at radius 3 is 2.09 bits per heavy atom. The Hall–Kier alpha value is -6.24. The first kappa shape index (κ1) is 44.4. The first-order valence-electron chi connectivity index (χ1n) is 21.8. The molecule has 4 heterocycles. The van der Waals surface area contributed by atoms with E-state index in [1.807, 2.05) is 55.6 Å². The molecule has 4 aromatic heterocycles. The first-order valence-corrected chi connectivity index (χ1v) is 25.3. The van der Waals surface area contributed by atoms with Gasteiger partial charge < -0.3 is 14.0 Å². The Labute approximate surface area is 391 Å². The van der Waals surface area contributed by atoms with E-state index in [1.165, 1.54) is 21.9 Å². The van der Waals surface area contributed by atoms with Crippen molar-refractivity contribution in [1.82, 2.24) is 19.5 Å². The predicted octanol–water partition coefficient (Wildman–Crippen LogP) is 14.3. The molecule has 1 radical (unpaired) electrons. The number of hydrogen-bond donors (Lipinski definition) is 0. The van der Waals surface area contributed by atoms with E-state index in [4.69, 9.17) is 14.4 Å². The second-order valence-corrected chi connectivity index (χ2v) is 23.5. The minimum atomic E-state index is -1.47. The van der Waals surface area contributed by atoms with Crippen LogP contribution in [-0.4, -0.2) is 27.6 Å². The van der Waals surface area contributed by atoms with Gasteiger partial charge in [-0.1, -0.05) is 156 Å². The summed E-state index contributed by atoms with van der Waals surface area (Å²) < 4.78 is 8.55. The van der Waals surface area contributed by atoms with Crippen molar-refractivity contribution in [2.75, 3.05) is 0 Å². The zero-order chi connectivity index (χ0) is 43.9. The SMILES string of the molecule is CC(c1ccccc1)c1cc(-c2[c-]cccc2)ncc1[Si](C)(C)C.Cc1cc2nc(-c3[c-]c4oc5ccccc5c4c(-c4ccccc4)c3)n(-c3ccc(C(C)(C)C)cc3)c2cn1.[Ir]. The van der Waals surface area contributed by atoms with Gasteiger partial charge in [0.15, 0.2) is 0 Å². The largest absolute Gasteiger partial charge is 0.477 e. The maximum Gasteiger partial charge on any atom is 0.123 e. The molecule has 321 valence electrons. The Balaban J connectivity index is 0.000000193. The van der Waals surface area contributed by atoms with E-state index in [9.17, 15) is 0 Å². The molecule has 0 saturated carbocycles. The van der Waals surface area contributed by atoms with Crippen molar-refractivity contribution in [2.24, 2.45) is 0 Å². The van der Waals surface area contributed by atoms with E-state index in [2.05, 4.69) is 184 Å². The number of furan rings is 1. The third-order valence-electron chi connectivity index (χ3n) is 11.9. The molecule has 1 atom stereocenters. The normalized spacial score (nSPS) is 12.2. The van der Waals surface area contributed by atoms with E-state index < -0.39 is 8.07 Å². The van der Waals surface area contributed by atoms with Crippen molar-refractivity contribution in [3.8, 4) is 39.5 Å². The molecule has 0 aliphatic rings. The van der Waals surface area contributed by atoms with Gasteiger partial charge in [-0.2, -0.15) is 0 Å². The number of pyridine rings is 2. The van der Waals surface area contributed by atoms with Crippen LogP contribution in [0, 0.1) is 19.1 Å². The average molecular weight is 1030 g/mol. The summed E-state index contributed by atoms with van der Waals surface area (Å²) in [5.74, 6) is 1.17. The Morgan fingerprint density at radius 2 is 1.41 bits per heavy atom. The topological polar surface area (TPSA) is 56.7 Å². The summed E-state index contributed by atoms with van der Waals surface area (Å²) >= 11 is 0. The molecule has 0 N–H and O–H groups in total. The second-order valence-electron chi connectivity index (χ2n) is 18.5. The second kappa shape index (κ2) is 18.1. The Bertz CT molecular complexity index is 3200. The molecule has 0 amide bonds. The van der Waals surface area contributed by atoms with Crippen molar-refractivity contribution in [1.29, 1.82) is 0 Å². The number of hydrogen-bond acceptors (Lipinski definition) is 4. The van der Waals surface area contributed by atoms with Gasteiger partial charge in [-0.25, -0.2) is 0 Å². The fourth-order valence-corrected chi connectivity index (χ4v) is 10.1. The molecular weight excluding hydrogens is 977 g/mol. The Kier molecular flexibility index (Phi) is 12.5. The maximum absolute atomic E-state index is 6.36. The van der Waals surface area contributed by atoms with Crippen LogP contribution in [0.4, 0.5) is 0 Å². The molecule has 6 aromatic carbocycles. The minimum absolute atomic E-state index is 0. The summed E-state index contributed by atoms with van der Waals surface area (Å²) in [5, 5.41) is 3.59. The van der Waals surface area contributed by atoms with Crippen LogP contribution >= 0.6 is 0 Å². The molecule has 10 rings (SSSR count). The molecular formula is C57H52IrN4OSi-2. The molecule has 7 heteroatoms. The smallest absolute Gasteiger partial charge is 0.123 e. The van der Waals surface area contributed by atoms with Gasteiger partial charge in [-0.3, -0.25) is 9.97 Å². The summed E-state index contributed by atoms with van der Waals surface area (Å²) in [4.78, 5) is 14.5. The summed E-state index contributed by atoms with van der Waals surface area (Å²) in [6.45, 7) is 18.2. The van der Waals surface area contributed by atoms with Crippen LogP contribution in [0.25, 0.3) is 72.4 Å². The zero-order valence-corrected chi connectivity index (χ0v) is 41.1. The van der Waals surface area contributed by atoms with Crippen molar-refractivity contribution in [3.63, 3.8) is 0 Å².